The lowest BCUT2D eigenvalue weighted by Gasteiger charge is -2.24. The number of nitrogens with one attached hydrogen (secondary N) is 1. The van der Waals surface area contributed by atoms with E-state index in [0.29, 0.717) is 5.56 Å². The number of carbonyl (C=O) groups excluding carboxylic acids is 2. The molecule has 4 nitrogen and oxygen atoms in total. The van der Waals surface area contributed by atoms with E-state index >= 15 is 0 Å². The Bertz CT molecular complexity index is 1060. The fourth-order valence-electron chi connectivity index (χ4n) is 4.22. The number of fused-ring (bicyclic) bond motifs is 3. The number of nitrogens with two attached hydrogens (primary N) is 1. The molecule has 2 amide bonds. The summed E-state index contributed by atoms with van der Waals surface area (Å²) in [6, 6.07) is 22.6. The molecule has 3 aromatic rings. The van der Waals surface area contributed by atoms with E-state index < -0.39 is 11.9 Å². The largest absolute Gasteiger partial charge is 0.368 e. The Labute approximate surface area is 177 Å². The van der Waals surface area contributed by atoms with Crippen LogP contribution in [-0.4, -0.2) is 17.9 Å². The van der Waals surface area contributed by atoms with Gasteiger partial charge in [-0.15, -0.1) is 0 Å². The molecule has 0 bridgehead atoms. The normalized spacial score (nSPS) is 14.0. The second-order valence-corrected chi connectivity index (χ2v) is 8.83. The van der Waals surface area contributed by atoms with E-state index in [1.807, 2.05) is 60.7 Å². The molecule has 4 rings (SSSR count). The summed E-state index contributed by atoms with van der Waals surface area (Å²) in [6.07, 6.45) is 0. The van der Waals surface area contributed by atoms with Crippen LogP contribution in [0.3, 0.4) is 0 Å². The van der Waals surface area contributed by atoms with Crippen LogP contribution in [0.2, 0.25) is 0 Å². The Morgan fingerprint density at radius 2 is 1.33 bits per heavy atom. The highest BCUT2D eigenvalue weighted by molar-refractivity contribution is 5.98. The van der Waals surface area contributed by atoms with Gasteiger partial charge in [-0.2, -0.15) is 0 Å². The van der Waals surface area contributed by atoms with Crippen molar-refractivity contribution in [2.24, 2.45) is 5.73 Å². The van der Waals surface area contributed by atoms with Crippen molar-refractivity contribution < 1.29 is 9.59 Å². The minimum Gasteiger partial charge on any atom is -0.368 e. The minimum atomic E-state index is -0.843. The fourth-order valence-corrected chi connectivity index (χ4v) is 4.22. The highest BCUT2D eigenvalue weighted by atomic mass is 16.2. The van der Waals surface area contributed by atoms with E-state index in [4.69, 9.17) is 5.73 Å². The third-order valence-corrected chi connectivity index (χ3v) is 5.82. The maximum atomic E-state index is 13.0. The SMILES string of the molecule is CC(C)(C)c1ccc(C(=O)N[C@@H](C(N)=O)C2c3ccccc3-c3ccccc32)cc1. The average molecular weight is 399 g/mol. The van der Waals surface area contributed by atoms with Gasteiger partial charge < -0.3 is 11.1 Å². The van der Waals surface area contributed by atoms with Crippen LogP contribution < -0.4 is 11.1 Å². The summed E-state index contributed by atoms with van der Waals surface area (Å²) in [5.74, 6) is -1.17. The molecule has 0 spiro atoms. The first-order valence-corrected chi connectivity index (χ1v) is 10.2. The summed E-state index contributed by atoms with van der Waals surface area (Å²) in [6.45, 7) is 6.38. The predicted octanol–water partition coefficient (Wildman–Crippen LogP) is 4.38. The quantitative estimate of drug-likeness (QED) is 0.685. The molecule has 1 aliphatic rings. The van der Waals surface area contributed by atoms with E-state index in [2.05, 4.69) is 26.1 Å². The van der Waals surface area contributed by atoms with E-state index in [1.54, 1.807) is 12.1 Å². The molecule has 0 saturated carbocycles. The number of rotatable bonds is 4. The molecule has 0 saturated heterocycles. The molecule has 0 unspecified atom stereocenters. The lowest BCUT2D eigenvalue weighted by atomic mass is 9.86. The third-order valence-electron chi connectivity index (χ3n) is 5.82. The molecule has 0 radical (unpaired) electrons. The summed E-state index contributed by atoms with van der Waals surface area (Å²) < 4.78 is 0. The van der Waals surface area contributed by atoms with E-state index in [-0.39, 0.29) is 17.2 Å². The molecule has 0 heterocycles. The Balaban J connectivity index is 1.67. The summed E-state index contributed by atoms with van der Waals surface area (Å²) >= 11 is 0. The van der Waals surface area contributed by atoms with Crippen LogP contribution in [0.5, 0.6) is 0 Å². The van der Waals surface area contributed by atoms with Crippen molar-refractivity contribution in [1.82, 2.24) is 5.32 Å². The molecule has 3 aromatic carbocycles. The second-order valence-electron chi connectivity index (χ2n) is 8.83. The number of hydrogen-bond acceptors (Lipinski definition) is 2. The summed E-state index contributed by atoms with van der Waals surface area (Å²) in [5.41, 5.74) is 11.6. The second kappa shape index (κ2) is 7.45. The highest BCUT2D eigenvalue weighted by Gasteiger charge is 2.38. The van der Waals surface area contributed by atoms with Crippen molar-refractivity contribution >= 4 is 11.8 Å². The van der Waals surface area contributed by atoms with Gasteiger partial charge in [-0.1, -0.05) is 81.4 Å². The number of hydrogen-bond donors (Lipinski definition) is 2. The lowest BCUT2D eigenvalue weighted by Crippen LogP contribution is -2.48. The first-order chi connectivity index (χ1) is 14.3. The van der Waals surface area contributed by atoms with Crippen LogP contribution in [0, 0.1) is 0 Å². The van der Waals surface area contributed by atoms with Crippen LogP contribution in [-0.2, 0) is 10.2 Å². The standard InChI is InChI=1S/C26H26N2O2/c1-26(2,3)17-14-12-16(13-15-17)25(30)28-23(24(27)29)22-20-10-6-4-8-18(20)19-9-5-7-11-21(19)22/h4-15,22-23H,1-3H3,(H2,27,29)(H,28,30)/t23-/m1/s1. The zero-order valence-electron chi connectivity index (χ0n) is 17.5. The number of amides is 2. The summed E-state index contributed by atoms with van der Waals surface area (Å²) in [4.78, 5) is 25.4. The maximum absolute atomic E-state index is 13.0. The van der Waals surface area contributed by atoms with Crippen molar-refractivity contribution in [3.8, 4) is 11.1 Å². The molecule has 0 aliphatic heterocycles. The Hall–Kier alpha value is -3.40. The van der Waals surface area contributed by atoms with E-state index in [1.165, 1.54) is 0 Å². The Morgan fingerprint density at radius 1 is 0.833 bits per heavy atom. The average Bonchev–Trinajstić information content (AvgIpc) is 3.05. The third kappa shape index (κ3) is 3.50. The number of carbonyl (C=O) groups is 2. The molecule has 1 aliphatic carbocycles. The first kappa shape index (κ1) is 19.9. The molecular weight excluding hydrogens is 372 g/mol. The molecule has 152 valence electrons. The molecule has 30 heavy (non-hydrogen) atoms. The van der Waals surface area contributed by atoms with Gasteiger partial charge in [0, 0.05) is 11.5 Å². The van der Waals surface area contributed by atoms with Gasteiger partial charge in [0.2, 0.25) is 5.91 Å². The molecule has 0 aromatic heterocycles. The van der Waals surface area contributed by atoms with Gasteiger partial charge in [-0.25, -0.2) is 0 Å². The highest BCUT2D eigenvalue weighted by Crippen LogP contribution is 2.46. The zero-order chi connectivity index (χ0) is 21.5. The summed E-state index contributed by atoms with van der Waals surface area (Å²) in [5, 5.41) is 2.90. The van der Waals surface area contributed by atoms with Gasteiger partial charge in [0.1, 0.15) is 6.04 Å². The van der Waals surface area contributed by atoms with Crippen molar-refractivity contribution in [3.05, 3.63) is 95.1 Å². The van der Waals surface area contributed by atoms with Crippen LogP contribution in [0.1, 0.15) is 53.7 Å². The van der Waals surface area contributed by atoms with Gasteiger partial charge in [0.15, 0.2) is 0 Å². The van der Waals surface area contributed by atoms with Crippen LogP contribution in [0.25, 0.3) is 11.1 Å². The minimum absolute atomic E-state index is 0.00202. The zero-order valence-corrected chi connectivity index (χ0v) is 17.5. The van der Waals surface area contributed by atoms with Crippen molar-refractivity contribution in [2.45, 2.75) is 38.1 Å². The lowest BCUT2D eigenvalue weighted by molar-refractivity contribution is -0.120. The van der Waals surface area contributed by atoms with Crippen LogP contribution in [0.4, 0.5) is 0 Å². The van der Waals surface area contributed by atoms with Crippen LogP contribution in [0.15, 0.2) is 72.8 Å². The van der Waals surface area contributed by atoms with Crippen LogP contribution >= 0.6 is 0 Å². The number of primary amides is 1. The molecule has 4 heteroatoms. The maximum Gasteiger partial charge on any atom is 0.251 e. The smallest absolute Gasteiger partial charge is 0.251 e. The van der Waals surface area contributed by atoms with Gasteiger partial charge in [-0.05, 0) is 45.4 Å². The number of benzene rings is 3. The Morgan fingerprint density at radius 3 is 1.80 bits per heavy atom. The van der Waals surface area contributed by atoms with Crippen molar-refractivity contribution in [2.75, 3.05) is 0 Å². The summed E-state index contributed by atoms with van der Waals surface area (Å²) in [7, 11) is 0. The van der Waals surface area contributed by atoms with Gasteiger partial charge >= 0.3 is 0 Å². The van der Waals surface area contributed by atoms with E-state index in [9.17, 15) is 9.59 Å². The molecule has 0 fully saturated rings. The Kier molecular flexibility index (Phi) is 4.94. The van der Waals surface area contributed by atoms with Gasteiger partial charge in [-0.3, -0.25) is 9.59 Å². The van der Waals surface area contributed by atoms with Crippen molar-refractivity contribution in [3.63, 3.8) is 0 Å². The fraction of sp³-hybridized carbons (Fsp3) is 0.231. The monoisotopic (exact) mass is 398 g/mol. The predicted molar refractivity (Wildman–Crippen MR) is 119 cm³/mol. The topological polar surface area (TPSA) is 72.2 Å². The van der Waals surface area contributed by atoms with Gasteiger partial charge in [0.05, 0.1) is 0 Å². The van der Waals surface area contributed by atoms with E-state index in [0.717, 1.165) is 27.8 Å². The van der Waals surface area contributed by atoms with Crippen molar-refractivity contribution in [1.29, 1.82) is 0 Å². The van der Waals surface area contributed by atoms with Gasteiger partial charge in [0.25, 0.3) is 5.91 Å². The first-order valence-electron chi connectivity index (χ1n) is 10.2. The molecule has 1 atom stereocenters. The molecular formula is C26H26N2O2. The molecule has 3 N–H and O–H groups in total.